The predicted molar refractivity (Wildman–Crippen MR) is 57.1 cm³/mol. The molecule has 0 spiro atoms. The van der Waals surface area contributed by atoms with Crippen molar-refractivity contribution >= 4 is 11.9 Å². The summed E-state index contributed by atoms with van der Waals surface area (Å²) in [4.78, 5) is 22.5. The van der Waals surface area contributed by atoms with Gasteiger partial charge in [0.15, 0.2) is 0 Å². The number of carboxylic acids is 1. The third-order valence-corrected chi connectivity index (χ3v) is 2.27. The van der Waals surface area contributed by atoms with Crippen molar-refractivity contribution < 1.29 is 14.7 Å². The molecule has 1 atom stereocenters. The second kappa shape index (κ2) is 4.78. The topological polar surface area (TPSA) is 84.2 Å². The summed E-state index contributed by atoms with van der Waals surface area (Å²) in [7, 11) is 1.71. The maximum atomic E-state index is 11.7. The van der Waals surface area contributed by atoms with Crippen LogP contribution in [0.25, 0.3) is 0 Å². The average molecular weight is 225 g/mol. The number of carbonyl (C=O) groups excluding carboxylic acids is 1. The molecule has 0 aromatic carbocycles. The van der Waals surface area contributed by atoms with Gasteiger partial charge in [0, 0.05) is 13.2 Å². The van der Waals surface area contributed by atoms with Crippen molar-refractivity contribution in [3.05, 3.63) is 17.5 Å². The third kappa shape index (κ3) is 2.59. The Morgan fingerprint density at radius 3 is 2.62 bits per heavy atom. The zero-order chi connectivity index (χ0) is 12.3. The SMILES string of the molecule is CC[C@H](NC(=O)c1cn(C)nc1C)C(=O)O. The maximum Gasteiger partial charge on any atom is 0.326 e. The fraction of sp³-hybridized carbons (Fsp3) is 0.500. The highest BCUT2D eigenvalue weighted by Crippen LogP contribution is 2.05. The lowest BCUT2D eigenvalue weighted by molar-refractivity contribution is -0.139. The molecule has 88 valence electrons. The number of nitrogens with one attached hydrogen (secondary N) is 1. The van der Waals surface area contributed by atoms with E-state index < -0.39 is 17.9 Å². The molecule has 0 aliphatic rings. The Morgan fingerprint density at radius 2 is 2.25 bits per heavy atom. The number of amides is 1. The lowest BCUT2D eigenvalue weighted by Crippen LogP contribution is -2.40. The van der Waals surface area contributed by atoms with Gasteiger partial charge < -0.3 is 10.4 Å². The monoisotopic (exact) mass is 225 g/mol. The van der Waals surface area contributed by atoms with Crippen molar-refractivity contribution in [2.24, 2.45) is 7.05 Å². The second-order valence-electron chi connectivity index (χ2n) is 3.57. The Morgan fingerprint density at radius 1 is 1.62 bits per heavy atom. The standard InChI is InChI=1S/C10H15N3O3/c1-4-8(10(15)16)11-9(14)7-5-13(3)12-6(7)2/h5,8H,4H2,1-3H3,(H,11,14)(H,15,16)/t8-/m0/s1. The number of hydrogen-bond acceptors (Lipinski definition) is 3. The van der Waals surface area contributed by atoms with E-state index in [2.05, 4.69) is 10.4 Å². The fourth-order valence-corrected chi connectivity index (χ4v) is 1.40. The van der Waals surface area contributed by atoms with Crippen LogP contribution in [0.5, 0.6) is 0 Å². The van der Waals surface area contributed by atoms with E-state index in [0.717, 1.165) is 0 Å². The summed E-state index contributed by atoms with van der Waals surface area (Å²) < 4.78 is 1.52. The van der Waals surface area contributed by atoms with E-state index in [9.17, 15) is 9.59 Å². The van der Waals surface area contributed by atoms with E-state index in [4.69, 9.17) is 5.11 Å². The van der Waals surface area contributed by atoms with Gasteiger partial charge >= 0.3 is 5.97 Å². The van der Waals surface area contributed by atoms with Crippen LogP contribution in [0.4, 0.5) is 0 Å². The van der Waals surface area contributed by atoms with Crippen LogP contribution in [-0.2, 0) is 11.8 Å². The molecule has 0 aliphatic carbocycles. The van der Waals surface area contributed by atoms with Gasteiger partial charge in [-0.3, -0.25) is 9.48 Å². The van der Waals surface area contributed by atoms with Gasteiger partial charge in [-0.15, -0.1) is 0 Å². The molecule has 0 fully saturated rings. The van der Waals surface area contributed by atoms with Gasteiger partial charge in [-0.1, -0.05) is 6.92 Å². The number of rotatable bonds is 4. The zero-order valence-electron chi connectivity index (χ0n) is 9.52. The van der Waals surface area contributed by atoms with Gasteiger partial charge in [-0.2, -0.15) is 5.10 Å². The van der Waals surface area contributed by atoms with Gasteiger partial charge in [0.05, 0.1) is 11.3 Å². The van der Waals surface area contributed by atoms with Gasteiger partial charge in [0.25, 0.3) is 5.91 Å². The second-order valence-corrected chi connectivity index (χ2v) is 3.57. The molecule has 0 saturated heterocycles. The molecule has 1 aromatic heterocycles. The summed E-state index contributed by atoms with van der Waals surface area (Å²) in [5.74, 6) is -1.43. The first kappa shape index (κ1) is 12.2. The van der Waals surface area contributed by atoms with Crippen molar-refractivity contribution in [2.75, 3.05) is 0 Å². The first-order valence-corrected chi connectivity index (χ1v) is 4.99. The van der Waals surface area contributed by atoms with Gasteiger partial charge in [0.1, 0.15) is 6.04 Å². The van der Waals surface area contributed by atoms with Crippen LogP contribution >= 0.6 is 0 Å². The van der Waals surface area contributed by atoms with E-state index in [0.29, 0.717) is 17.7 Å². The smallest absolute Gasteiger partial charge is 0.326 e. The highest BCUT2D eigenvalue weighted by molar-refractivity contribution is 5.97. The summed E-state index contributed by atoms with van der Waals surface area (Å²) in [5.41, 5.74) is 0.988. The average Bonchev–Trinajstić information content (AvgIpc) is 2.53. The summed E-state index contributed by atoms with van der Waals surface area (Å²) in [6, 6.07) is -0.855. The molecule has 0 aliphatic heterocycles. The van der Waals surface area contributed by atoms with Crippen molar-refractivity contribution in [3.63, 3.8) is 0 Å². The quantitative estimate of drug-likeness (QED) is 0.773. The lowest BCUT2D eigenvalue weighted by atomic mass is 10.2. The van der Waals surface area contributed by atoms with Gasteiger partial charge in [-0.05, 0) is 13.3 Å². The minimum Gasteiger partial charge on any atom is -0.480 e. The number of aryl methyl sites for hydroxylation is 2. The van der Waals surface area contributed by atoms with E-state index in [1.165, 1.54) is 4.68 Å². The van der Waals surface area contributed by atoms with Crippen LogP contribution in [0.3, 0.4) is 0 Å². The van der Waals surface area contributed by atoms with Crippen LogP contribution in [0.2, 0.25) is 0 Å². The molecule has 0 radical (unpaired) electrons. The number of aliphatic carboxylic acids is 1. The molecule has 16 heavy (non-hydrogen) atoms. The molecule has 1 rings (SSSR count). The molecule has 6 nitrogen and oxygen atoms in total. The minimum absolute atomic E-state index is 0.348. The largest absolute Gasteiger partial charge is 0.480 e. The molecule has 1 aromatic rings. The summed E-state index contributed by atoms with van der Waals surface area (Å²) in [6.45, 7) is 3.41. The highest BCUT2D eigenvalue weighted by atomic mass is 16.4. The van der Waals surface area contributed by atoms with E-state index >= 15 is 0 Å². The Labute approximate surface area is 93.3 Å². The van der Waals surface area contributed by atoms with Crippen molar-refractivity contribution in [3.8, 4) is 0 Å². The van der Waals surface area contributed by atoms with E-state index in [-0.39, 0.29) is 0 Å². The Hall–Kier alpha value is -1.85. The first-order chi connectivity index (χ1) is 7.45. The van der Waals surface area contributed by atoms with Crippen LogP contribution in [0.1, 0.15) is 29.4 Å². The molecular weight excluding hydrogens is 210 g/mol. The number of carbonyl (C=O) groups is 2. The van der Waals surface area contributed by atoms with Crippen LogP contribution in [0, 0.1) is 6.92 Å². The molecule has 1 heterocycles. The molecule has 0 unspecified atom stereocenters. The molecular formula is C10H15N3O3. The van der Waals surface area contributed by atoms with Crippen molar-refractivity contribution in [1.29, 1.82) is 0 Å². The summed E-state index contributed by atoms with van der Waals surface area (Å²) in [5, 5.41) is 15.3. The predicted octanol–water partition coefficient (Wildman–Crippen LogP) is 0.322. The van der Waals surface area contributed by atoms with E-state index in [1.807, 2.05) is 0 Å². The zero-order valence-corrected chi connectivity index (χ0v) is 9.52. The number of hydrogen-bond donors (Lipinski definition) is 2. The van der Waals surface area contributed by atoms with Crippen LogP contribution in [-0.4, -0.2) is 32.8 Å². The van der Waals surface area contributed by atoms with Crippen molar-refractivity contribution in [1.82, 2.24) is 15.1 Å². The Balaban J connectivity index is 2.79. The summed E-state index contributed by atoms with van der Waals surface area (Å²) >= 11 is 0. The highest BCUT2D eigenvalue weighted by Gasteiger charge is 2.20. The minimum atomic E-state index is -1.03. The van der Waals surface area contributed by atoms with Gasteiger partial charge in [0.2, 0.25) is 0 Å². The van der Waals surface area contributed by atoms with Crippen LogP contribution in [0.15, 0.2) is 6.20 Å². The fourth-order valence-electron chi connectivity index (χ4n) is 1.40. The Bertz CT molecular complexity index is 411. The molecule has 0 bridgehead atoms. The third-order valence-electron chi connectivity index (χ3n) is 2.27. The number of carboxylic acid groups (broad SMARTS) is 1. The molecule has 0 saturated carbocycles. The summed E-state index contributed by atoms with van der Waals surface area (Å²) in [6.07, 6.45) is 1.92. The normalized spacial score (nSPS) is 12.2. The molecule has 6 heteroatoms. The van der Waals surface area contributed by atoms with Crippen LogP contribution < -0.4 is 5.32 Å². The maximum absolute atomic E-state index is 11.7. The first-order valence-electron chi connectivity index (χ1n) is 4.99. The number of nitrogens with zero attached hydrogens (tertiary/aromatic N) is 2. The van der Waals surface area contributed by atoms with Gasteiger partial charge in [-0.25, -0.2) is 4.79 Å². The van der Waals surface area contributed by atoms with E-state index in [1.54, 1.807) is 27.1 Å². The number of aromatic nitrogens is 2. The lowest BCUT2D eigenvalue weighted by Gasteiger charge is -2.11. The Kier molecular flexibility index (Phi) is 3.65. The molecule has 2 N–H and O–H groups in total. The van der Waals surface area contributed by atoms with Crippen molar-refractivity contribution in [2.45, 2.75) is 26.3 Å². The molecule has 1 amide bonds.